The topological polar surface area (TPSA) is 86.7 Å². The van der Waals surface area contributed by atoms with Gasteiger partial charge >= 0.3 is 5.97 Å². The monoisotopic (exact) mass is 336 g/mol. The van der Waals surface area contributed by atoms with Gasteiger partial charge in [-0.2, -0.15) is 0 Å². The average molecular weight is 337 g/mol. The molecule has 3 unspecified atom stereocenters. The zero-order valence-corrected chi connectivity index (χ0v) is 13.1. The maximum absolute atomic E-state index is 12.4. The highest BCUT2D eigenvalue weighted by molar-refractivity contribution is 6.30. The lowest BCUT2D eigenvalue weighted by Gasteiger charge is -2.32. The van der Waals surface area contributed by atoms with Crippen LogP contribution in [0, 0.1) is 11.8 Å². The Kier molecular flexibility index (Phi) is 4.26. The summed E-state index contributed by atoms with van der Waals surface area (Å²) >= 11 is 5.84. The molecule has 0 spiro atoms. The van der Waals surface area contributed by atoms with Crippen LogP contribution < -0.4 is 10.2 Å². The number of carbonyl (C=O) groups excluding carboxylic acids is 2. The lowest BCUT2D eigenvalue weighted by atomic mass is 9.73. The molecule has 2 fully saturated rings. The maximum atomic E-state index is 12.4. The molecule has 0 radical (unpaired) electrons. The molecule has 1 aliphatic carbocycles. The number of nitrogens with one attached hydrogen (secondary N) is 1. The Morgan fingerprint density at radius 2 is 1.78 bits per heavy atom. The number of nitrogens with zero attached hydrogens (tertiary/aromatic N) is 1. The van der Waals surface area contributed by atoms with Crippen molar-refractivity contribution in [3.8, 4) is 0 Å². The molecule has 122 valence electrons. The van der Waals surface area contributed by atoms with Crippen molar-refractivity contribution in [3.63, 3.8) is 0 Å². The first-order valence-corrected chi connectivity index (χ1v) is 7.95. The molecule has 1 heterocycles. The molecular weight excluding hydrogens is 320 g/mol. The number of aliphatic carboxylic acids is 1. The van der Waals surface area contributed by atoms with E-state index in [0.29, 0.717) is 30.8 Å². The molecule has 2 amide bonds. The van der Waals surface area contributed by atoms with Gasteiger partial charge in [-0.15, -0.1) is 0 Å². The summed E-state index contributed by atoms with van der Waals surface area (Å²) in [6.07, 6.45) is 1.59. The van der Waals surface area contributed by atoms with Crippen LogP contribution in [0.5, 0.6) is 0 Å². The fraction of sp³-hybridized carbons (Fsp3) is 0.438. The zero-order chi connectivity index (χ0) is 16.6. The van der Waals surface area contributed by atoms with Crippen molar-refractivity contribution in [1.82, 2.24) is 5.32 Å². The first-order chi connectivity index (χ1) is 11.0. The number of halogens is 1. The second kappa shape index (κ2) is 6.20. The van der Waals surface area contributed by atoms with E-state index in [-0.39, 0.29) is 11.8 Å². The average Bonchev–Trinajstić information content (AvgIpc) is 2.79. The van der Waals surface area contributed by atoms with Crippen molar-refractivity contribution in [3.05, 3.63) is 29.3 Å². The van der Waals surface area contributed by atoms with Gasteiger partial charge in [-0.1, -0.05) is 11.6 Å². The second-order valence-electron chi connectivity index (χ2n) is 5.94. The van der Waals surface area contributed by atoms with E-state index in [1.54, 1.807) is 29.2 Å². The van der Waals surface area contributed by atoms with E-state index in [4.69, 9.17) is 16.7 Å². The minimum Gasteiger partial charge on any atom is -0.481 e. The Morgan fingerprint density at radius 3 is 2.35 bits per heavy atom. The molecule has 1 saturated heterocycles. The summed E-state index contributed by atoms with van der Waals surface area (Å²) < 4.78 is 0. The van der Waals surface area contributed by atoms with E-state index in [1.165, 1.54) is 0 Å². The minimum atomic E-state index is -0.947. The SMILES string of the molecule is O=C(O)C1CCC1C(=O)NC1CCN(c2ccc(Cl)cc2)C1=O. The van der Waals surface area contributed by atoms with E-state index in [2.05, 4.69) is 5.32 Å². The third kappa shape index (κ3) is 3.03. The highest BCUT2D eigenvalue weighted by Crippen LogP contribution is 2.35. The van der Waals surface area contributed by atoms with Gasteiger partial charge < -0.3 is 15.3 Å². The fourth-order valence-corrected chi connectivity index (χ4v) is 3.21. The molecule has 3 rings (SSSR count). The number of hydrogen-bond donors (Lipinski definition) is 2. The van der Waals surface area contributed by atoms with Gasteiger partial charge in [0.1, 0.15) is 6.04 Å². The summed E-state index contributed by atoms with van der Waals surface area (Å²) in [5, 5.41) is 12.3. The Hall–Kier alpha value is -2.08. The van der Waals surface area contributed by atoms with Gasteiger partial charge in [0.15, 0.2) is 0 Å². The predicted molar refractivity (Wildman–Crippen MR) is 84.2 cm³/mol. The maximum Gasteiger partial charge on any atom is 0.307 e. The van der Waals surface area contributed by atoms with Crippen molar-refractivity contribution in [2.24, 2.45) is 11.8 Å². The van der Waals surface area contributed by atoms with Gasteiger partial charge in [-0.3, -0.25) is 14.4 Å². The van der Waals surface area contributed by atoms with Crippen LogP contribution in [0.1, 0.15) is 19.3 Å². The van der Waals surface area contributed by atoms with Crippen LogP contribution in [0.2, 0.25) is 5.02 Å². The molecular formula is C16H17ClN2O4. The molecule has 0 bridgehead atoms. The number of carboxylic acids is 1. The number of rotatable bonds is 4. The van der Waals surface area contributed by atoms with Crippen LogP contribution in [0.4, 0.5) is 5.69 Å². The van der Waals surface area contributed by atoms with Crippen molar-refractivity contribution in [1.29, 1.82) is 0 Å². The van der Waals surface area contributed by atoms with Crippen LogP contribution in [0.25, 0.3) is 0 Å². The molecule has 1 saturated carbocycles. The van der Waals surface area contributed by atoms with Crippen LogP contribution in [0.3, 0.4) is 0 Å². The number of amides is 2. The highest BCUT2D eigenvalue weighted by atomic mass is 35.5. The standard InChI is InChI=1S/C16H17ClN2O4/c17-9-1-3-10(4-2-9)19-8-7-13(15(19)21)18-14(20)11-5-6-12(11)16(22)23/h1-4,11-13H,5-8H2,(H,18,20)(H,22,23). The fourth-order valence-electron chi connectivity index (χ4n) is 3.08. The first kappa shape index (κ1) is 15.8. The smallest absolute Gasteiger partial charge is 0.307 e. The molecule has 1 aromatic rings. The zero-order valence-electron chi connectivity index (χ0n) is 12.4. The van der Waals surface area contributed by atoms with Gasteiger partial charge in [-0.05, 0) is 43.5 Å². The van der Waals surface area contributed by atoms with E-state index in [9.17, 15) is 14.4 Å². The van der Waals surface area contributed by atoms with Gasteiger partial charge in [0, 0.05) is 17.3 Å². The number of anilines is 1. The summed E-state index contributed by atoms with van der Waals surface area (Å²) in [6.45, 7) is 0.512. The van der Waals surface area contributed by atoms with E-state index < -0.39 is 23.8 Å². The minimum absolute atomic E-state index is 0.174. The lowest BCUT2D eigenvalue weighted by Crippen LogP contribution is -2.49. The third-order valence-corrected chi connectivity index (χ3v) is 4.84. The van der Waals surface area contributed by atoms with Crippen molar-refractivity contribution in [2.45, 2.75) is 25.3 Å². The highest BCUT2D eigenvalue weighted by Gasteiger charge is 2.43. The second-order valence-corrected chi connectivity index (χ2v) is 6.38. The van der Waals surface area contributed by atoms with Gasteiger partial charge in [0.25, 0.3) is 0 Å². The summed E-state index contributed by atoms with van der Waals surface area (Å²) in [5.74, 6) is -2.60. The Labute approximate surface area is 138 Å². The van der Waals surface area contributed by atoms with Gasteiger partial charge in [0.05, 0.1) is 11.8 Å². The van der Waals surface area contributed by atoms with Gasteiger partial charge in [0.2, 0.25) is 11.8 Å². The van der Waals surface area contributed by atoms with E-state index >= 15 is 0 Å². The quantitative estimate of drug-likeness (QED) is 0.875. The van der Waals surface area contributed by atoms with Crippen molar-refractivity contribution in [2.75, 3.05) is 11.4 Å². The van der Waals surface area contributed by atoms with Crippen LogP contribution in [0.15, 0.2) is 24.3 Å². The van der Waals surface area contributed by atoms with Crippen molar-refractivity contribution < 1.29 is 19.5 Å². The summed E-state index contributed by atoms with van der Waals surface area (Å²) in [6, 6.07) is 6.35. The normalized spacial score (nSPS) is 26.7. The Morgan fingerprint density at radius 1 is 1.13 bits per heavy atom. The molecule has 1 aliphatic heterocycles. The van der Waals surface area contributed by atoms with Crippen LogP contribution in [-0.4, -0.2) is 35.5 Å². The van der Waals surface area contributed by atoms with E-state index in [0.717, 1.165) is 5.69 Å². The molecule has 23 heavy (non-hydrogen) atoms. The molecule has 3 atom stereocenters. The number of benzene rings is 1. The molecule has 0 aromatic heterocycles. The van der Waals surface area contributed by atoms with Crippen molar-refractivity contribution >= 4 is 35.1 Å². The third-order valence-electron chi connectivity index (χ3n) is 4.59. The summed E-state index contributed by atoms with van der Waals surface area (Å²) in [4.78, 5) is 37.2. The number of carboxylic acid groups (broad SMARTS) is 1. The van der Waals surface area contributed by atoms with Crippen LogP contribution in [-0.2, 0) is 14.4 Å². The Bertz CT molecular complexity index is 646. The van der Waals surface area contributed by atoms with E-state index in [1.807, 2.05) is 0 Å². The predicted octanol–water partition coefficient (Wildman–Crippen LogP) is 1.67. The van der Waals surface area contributed by atoms with Gasteiger partial charge in [-0.25, -0.2) is 0 Å². The summed E-state index contributed by atoms with van der Waals surface area (Å²) in [7, 11) is 0. The molecule has 1 aromatic carbocycles. The van der Waals surface area contributed by atoms with Crippen LogP contribution >= 0.6 is 11.6 Å². The molecule has 2 aliphatic rings. The molecule has 6 nitrogen and oxygen atoms in total. The first-order valence-electron chi connectivity index (χ1n) is 7.57. The molecule has 2 N–H and O–H groups in total. The number of carbonyl (C=O) groups is 3. The lowest BCUT2D eigenvalue weighted by molar-refractivity contribution is -0.153. The largest absolute Gasteiger partial charge is 0.481 e. The number of hydrogen-bond acceptors (Lipinski definition) is 3. The molecule has 7 heteroatoms. The Balaban J connectivity index is 1.62. The summed E-state index contributed by atoms with van der Waals surface area (Å²) in [5.41, 5.74) is 0.739.